The van der Waals surface area contributed by atoms with Crippen LogP contribution >= 0.6 is 0 Å². The summed E-state index contributed by atoms with van der Waals surface area (Å²) in [5.41, 5.74) is 6.81. The van der Waals surface area contributed by atoms with Gasteiger partial charge in [-0.05, 0) is 138 Å². The Hall–Kier alpha value is -7.95. The second kappa shape index (κ2) is 22.6. The molecule has 87 heavy (non-hydrogen) atoms. The minimum Gasteiger partial charge on any atom is -0.486 e. The van der Waals surface area contributed by atoms with E-state index in [0.29, 0.717) is 110 Å². The fourth-order valence-electron chi connectivity index (χ4n) is 13.9. The number of piperazine rings is 1. The second-order valence-corrected chi connectivity index (χ2v) is 25.8. The number of fused-ring (bicyclic) bond motifs is 5. The van der Waals surface area contributed by atoms with E-state index in [-0.39, 0.29) is 85.7 Å². The Morgan fingerprint density at radius 3 is 2.38 bits per heavy atom. The highest BCUT2D eigenvalue weighted by atomic mass is 19.1. The maximum Gasteiger partial charge on any atom is 0.410 e. The fourth-order valence-corrected chi connectivity index (χ4v) is 13.9. The summed E-state index contributed by atoms with van der Waals surface area (Å²) in [5.74, 6) is 1.15. The average molecular weight is 1190 g/mol. The molecular weight excluding hydrogens is 1110 g/mol. The van der Waals surface area contributed by atoms with Gasteiger partial charge in [0.05, 0.1) is 42.5 Å². The van der Waals surface area contributed by atoms with Gasteiger partial charge in [0.25, 0.3) is 5.91 Å². The first-order valence-corrected chi connectivity index (χ1v) is 31.0. The molecule has 1 aliphatic carbocycles. The molecule has 4 atom stereocenters. The van der Waals surface area contributed by atoms with Gasteiger partial charge in [0.2, 0.25) is 5.91 Å². The van der Waals surface area contributed by atoms with Crippen molar-refractivity contribution in [2.45, 2.75) is 147 Å². The molecular formula is C65H75FN12O9. The van der Waals surface area contributed by atoms with Crippen LogP contribution in [-0.4, -0.2) is 158 Å². The highest BCUT2D eigenvalue weighted by molar-refractivity contribution is 6.09. The number of halogens is 1. The summed E-state index contributed by atoms with van der Waals surface area (Å²) in [6.07, 6.45) is 8.74. The maximum atomic E-state index is 16.9. The van der Waals surface area contributed by atoms with Gasteiger partial charge in [0.15, 0.2) is 17.8 Å². The van der Waals surface area contributed by atoms with Crippen molar-refractivity contribution < 1.29 is 47.3 Å². The Morgan fingerprint density at radius 2 is 1.64 bits per heavy atom. The fraction of sp³-hybridized carbons (Fsp3) is 0.508. The highest BCUT2D eigenvalue weighted by Crippen LogP contribution is 2.54. The van der Waals surface area contributed by atoms with Crippen molar-refractivity contribution in [2.75, 3.05) is 69.4 Å². The SMILES string of the molecule is Cc1c(F)cc2c(cnn2C2CCCCO2)c1-c1c(C2CC2)cc2c(N3C[C@@H]4C[C@H]3CN4C(=O)OC(C)(C)C)nc(OC3CCOCC3)nc2c1OCc1ccc(C(=O)N2CC[C@H](N(C)Cc3ccc4c(N5CCC(=O)NC5=O)nn(C)c4c3)C2)cc1. The summed E-state index contributed by atoms with van der Waals surface area (Å²) >= 11 is 0. The van der Waals surface area contributed by atoms with Crippen molar-refractivity contribution in [3.63, 3.8) is 0 Å². The number of ether oxygens (including phenoxy) is 5. The predicted octanol–water partition coefficient (Wildman–Crippen LogP) is 9.68. The average Bonchev–Trinajstić information content (AvgIpc) is 1.73. The maximum absolute atomic E-state index is 16.9. The quantitative estimate of drug-likeness (QED) is 0.108. The molecule has 5 amide bonds. The van der Waals surface area contributed by atoms with Crippen LogP contribution in [0.3, 0.4) is 0 Å². The van der Waals surface area contributed by atoms with E-state index < -0.39 is 11.6 Å². The van der Waals surface area contributed by atoms with Crippen LogP contribution in [0.25, 0.3) is 43.8 Å². The lowest BCUT2D eigenvalue weighted by molar-refractivity contribution is -0.120. The molecule has 4 aromatic carbocycles. The summed E-state index contributed by atoms with van der Waals surface area (Å²) in [5, 5.41) is 14.3. The summed E-state index contributed by atoms with van der Waals surface area (Å²) in [4.78, 5) is 72.9. The summed E-state index contributed by atoms with van der Waals surface area (Å²) in [6, 6.07) is 17.2. The number of aromatic nitrogens is 6. The number of hydrogen-bond donors (Lipinski definition) is 1. The van der Waals surface area contributed by atoms with E-state index in [1.165, 1.54) is 4.90 Å². The normalized spacial score (nSPS) is 22.0. The van der Waals surface area contributed by atoms with Crippen LogP contribution in [0.2, 0.25) is 0 Å². The molecule has 7 aliphatic rings. The van der Waals surface area contributed by atoms with Crippen LogP contribution in [0.1, 0.15) is 130 Å². The molecule has 9 heterocycles. The molecule has 22 heteroatoms. The van der Waals surface area contributed by atoms with Crippen LogP contribution in [-0.2, 0) is 39.2 Å². The lowest BCUT2D eigenvalue weighted by Crippen LogP contribution is -2.50. The highest BCUT2D eigenvalue weighted by Gasteiger charge is 2.48. The van der Waals surface area contributed by atoms with Crippen molar-refractivity contribution in [3.05, 3.63) is 94.4 Å². The number of benzene rings is 4. The van der Waals surface area contributed by atoms with Crippen molar-refractivity contribution in [1.82, 2.24) is 49.5 Å². The Bertz CT molecular complexity index is 3870. The van der Waals surface area contributed by atoms with Crippen molar-refractivity contribution in [1.29, 1.82) is 0 Å². The van der Waals surface area contributed by atoms with Crippen LogP contribution in [0, 0.1) is 12.7 Å². The third kappa shape index (κ3) is 10.9. The number of rotatable bonds is 14. The monoisotopic (exact) mass is 1190 g/mol. The van der Waals surface area contributed by atoms with E-state index in [1.54, 1.807) is 10.7 Å². The van der Waals surface area contributed by atoms with E-state index in [2.05, 4.69) is 39.4 Å². The van der Waals surface area contributed by atoms with Gasteiger partial charge < -0.3 is 38.4 Å². The van der Waals surface area contributed by atoms with E-state index in [1.807, 2.05) is 91.8 Å². The minimum atomic E-state index is -0.633. The van der Waals surface area contributed by atoms with Gasteiger partial charge in [-0.1, -0.05) is 18.2 Å². The van der Waals surface area contributed by atoms with Gasteiger partial charge in [0, 0.05) is 117 Å². The van der Waals surface area contributed by atoms with E-state index >= 15 is 4.39 Å². The Kier molecular flexibility index (Phi) is 14.8. The molecule has 7 aromatic rings. The smallest absolute Gasteiger partial charge is 0.410 e. The lowest BCUT2D eigenvalue weighted by Gasteiger charge is -2.36. The zero-order valence-electron chi connectivity index (χ0n) is 50.4. The molecule has 456 valence electrons. The summed E-state index contributed by atoms with van der Waals surface area (Å²) in [6.45, 7) is 12.4. The molecule has 0 radical (unpaired) electrons. The van der Waals surface area contributed by atoms with Crippen LogP contribution < -0.4 is 24.6 Å². The number of anilines is 2. The zero-order chi connectivity index (χ0) is 60.0. The number of carbonyl (C=O) groups excluding carboxylic acids is 4. The molecule has 1 saturated carbocycles. The largest absolute Gasteiger partial charge is 0.486 e. The Balaban J connectivity index is 0.774. The van der Waals surface area contributed by atoms with E-state index in [0.717, 1.165) is 88.9 Å². The van der Waals surface area contributed by atoms with Crippen LogP contribution in [0.5, 0.6) is 11.8 Å². The van der Waals surface area contributed by atoms with E-state index in [9.17, 15) is 19.2 Å². The standard InChI is InChI=1S/C65H75FN12O9/c1-37-50(66)30-52-49(31-67-78(52)54-9-7-8-24-84-54)55(37)56-47(40-15-16-40)29-48-57(69-62(86-45-20-25-83-26-21-45)70-59(48)76-34-44-28-43(76)35-77(44)64(82)87-65(2,3)4)58(56)85-36-38-10-13-41(14-11-38)61(80)74-22-18-42(33-74)72(5)32-39-12-17-46-51(27-39)73(6)71-60(46)75-23-19-53(79)68-63(75)81/h10-14,17,27,29-31,40,42-45,54H,7-9,15-16,18-26,28,32-36H2,1-6H3,(H,68,79,81)/t42-,43-,44-,54?/m0/s1. The molecule has 14 rings (SSSR count). The molecule has 3 aromatic heterocycles. The number of likely N-dealkylation sites (tertiary alicyclic amines) is 2. The van der Waals surface area contributed by atoms with Crippen LogP contribution in [0.15, 0.2) is 60.8 Å². The van der Waals surface area contributed by atoms with Crippen molar-refractivity contribution in [2.24, 2.45) is 7.05 Å². The number of urea groups is 1. The van der Waals surface area contributed by atoms with Gasteiger partial charge in [-0.15, -0.1) is 0 Å². The molecule has 7 fully saturated rings. The van der Waals surface area contributed by atoms with Crippen LogP contribution in [0.4, 0.5) is 25.6 Å². The molecule has 21 nitrogen and oxygen atoms in total. The van der Waals surface area contributed by atoms with Crippen molar-refractivity contribution >= 4 is 68.3 Å². The molecule has 0 spiro atoms. The third-order valence-corrected chi connectivity index (χ3v) is 18.6. The number of nitrogens with one attached hydrogen (secondary N) is 1. The number of hydrogen-bond acceptors (Lipinski definition) is 15. The molecule has 1 unspecified atom stereocenters. The van der Waals surface area contributed by atoms with Gasteiger partial charge >= 0.3 is 18.1 Å². The first-order chi connectivity index (χ1) is 42.0. The van der Waals surface area contributed by atoms with Gasteiger partial charge in [-0.2, -0.15) is 20.2 Å². The topological polar surface area (TPSA) is 204 Å². The molecule has 6 saturated heterocycles. The predicted molar refractivity (Wildman–Crippen MR) is 323 cm³/mol. The number of likely N-dealkylation sites (N-methyl/N-ethyl adjacent to an activating group) is 1. The number of aryl methyl sites for hydroxylation is 1. The van der Waals surface area contributed by atoms with E-state index in [4.69, 9.17) is 38.8 Å². The number of carbonyl (C=O) groups is 4. The Labute approximate surface area is 503 Å². The Morgan fingerprint density at radius 1 is 0.839 bits per heavy atom. The first kappa shape index (κ1) is 56.8. The summed E-state index contributed by atoms with van der Waals surface area (Å²) in [7, 11) is 3.93. The number of nitrogens with zero attached hydrogens (tertiary/aromatic N) is 11. The second-order valence-electron chi connectivity index (χ2n) is 25.8. The van der Waals surface area contributed by atoms with Gasteiger partial charge in [-0.3, -0.25) is 29.4 Å². The van der Waals surface area contributed by atoms with Gasteiger partial charge in [0.1, 0.15) is 35.5 Å². The summed E-state index contributed by atoms with van der Waals surface area (Å²) < 4.78 is 52.4. The molecule has 2 bridgehead atoms. The van der Waals surface area contributed by atoms with Crippen molar-refractivity contribution in [3.8, 4) is 22.9 Å². The lowest BCUT2D eigenvalue weighted by atomic mass is 9.88. The zero-order valence-corrected chi connectivity index (χ0v) is 50.4. The number of amides is 5. The molecule has 6 aliphatic heterocycles. The minimum absolute atomic E-state index is 0.0474. The van der Waals surface area contributed by atoms with Gasteiger partial charge in [-0.25, -0.2) is 18.7 Å². The molecule has 1 N–H and O–H groups in total. The first-order valence-electron chi connectivity index (χ1n) is 31.0. The third-order valence-electron chi connectivity index (χ3n) is 18.6. The number of imide groups is 1.